The molecule has 2 aromatic rings. The summed E-state index contributed by atoms with van der Waals surface area (Å²) in [6.45, 7) is 12.4. The van der Waals surface area contributed by atoms with Crippen LogP contribution in [0, 0.1) is 0 Å². The molecule has 0 unspecified atom stereocenters. The fourth-order valence-corrected chi connectivity index (χ4v) is 4.46. The fraction of sp³-hybridized carbons (Fsp3) is 0.500. The Balaban J connectivity index is 2.85. The van der Waals surface area contributed by atoms with Gasteiger partial charge in [-0.15, -0.1) is 0 Å². The largest absolute Gasteiger partial charge is 0.283 e. The molecule has 0 atom stereocenters. The smallest absolute Gasteiger partial charge is 0.199 e. The highest BCUT2D eigenvalue weighted by Gasteiger charge is 2.28. The van der Waals surface area contributed by atoms with Gasteiger partial charge in [-0.3, -0.25) is 0 Å². The van der Waals surface area contributed by atoms with E-state index in [4.69, 9.17) is 0 Å². The number of hydrogen-bond donors (Lipinski definition) is 0. The van der Waals surface area contributed by atoms with Gasteiger partial charge in [-0.2, -0.15) is 17.6 Å². The first-order valence-electron chi connectivity index (χ1n) is 8.09. The average molecular weight is 334 g/mol. The van der Waals surface area contributed by atoms with Gasteiger partial charge in [-0.1, -0.05) is 53.7 Å². The zero-order chi connectivity index (χ0) is 17.4. The van der Waals surface area contributed by atoms with E-state index in [1.807, 2.05) is 39.8 Å². The SMILES string of the molecule is CC(C)c1cc(C(C)C)c(S(=O)(=O)n2cccn2)c(C(C)C)c1. The Bertz CT molecular complexity index is 744. The number of nitrogens with zero attached hydrogens (tertiary/aromatic N) is 2. The normalized spacial score (nSPS) is 12.6. The lowest BCUT2D eigenvalue weighted by Gasteiger charge is -2.22. The maximum atomic E-state index is 13.1. The third kappa shape index (κ3) is 3.34. The fourth-order valence-electron chi connectivity index (χ4n) is 2.68. The van der Waals surface area contributed by atoms with E-state index in [0.717, 1.165) is 15.2 Å². The monoisotopic (exact) mass is 334 g/mol. The summed E-state index contributed by atoms with van der Waals surface area (Å²) in [6.07, 6.45) is 2.98. The second kappa shape index (κ2) is 6.48. The summed E-state index contributed by atoms with van der Waals surface area (Å²) in [5.41, 5.74) is 2.92. The molecular formula is C18H26N2O2S. The maximum absolute atomic E-state index is 13.1. The van der Waals surface area contributed by atoms with Gasteiger partial charge >= 0.3 is 0 Å². The minimum absolute atomic E-state index is 0.117. The number of hydrogen-bond acceptors (Lipinski definition) is 3. The Hall–Kier alpha value is -1.62. The number of rotatable bonds is 5. The predicted octanol–water partition coefficient (Wildman–Crippen LogP) is 4.49. The van der Waals surface area contributed by atoms with Crippen molar-refractivity contribution < 1.29 is 8.42 Å². The van der Waals surface area contributed by atoms with Crippen molar-refractivity contribution in [2.75, 3.05) is 0 Å². The van der Waals surface area contributed by atoms with Gasteiger partial charge in [0.2, 0.25) is 0 Å². The van der Waals surface area contributed by atoms with Crippen LogP contribution in [0.2, 0.25) is 0 Å². The van der Waals surface area contributed by atoms with Crippen molar-refractivity contribution in [2.24, 2.45) is 0 Å². The van der Waals surface area contributed by atoms with E-state index in [2.05, 4.69) is 18.9 Å². The van der Waals surface area contributed by atoms with E-state index < -0.39 is 10.0 Å². The van der Waals surface area contributed by atoms with E-state index in [0.29, 0.717) is 10.8 Å². The lowest BCUT2D eigenvalue weighted by molar-refractivity contribution is 0.574. The molecule has 0 aliphatic rings. The topological polar surface area (TPSA) is 52.0 Å². The number of benzene rings is 1. The molecule has 1 aromatic heterocycles. The van der Waals surface area contributed by atoms with Crippen molar-refractivity contribution in [3.8, 4) is 0 Å². The molecule has 0 radical (unpaired) electrons. The molecule has 0 bridgehead atoms. The van der Waals surface area contributed by atoms with Crippen molar-refractivity contribution >= 4 is 10.0 Å². The molecular weight excluding hydrogens is 308 g/mol. The number of aromatic nitrogens is 2. The van der Waals surface area contributed by atoms with Crippen LogP contribution in [0.15, 0.2) is 35.5 Å². The zero-order valence-electron chi connectivity index (χ0n) is 14.7. The van der Waals surface area contributed by atoms with Gasteiger partial charge in [0.05, 0.1) is 11.1 Å². The van der Waals surface area contributed by atoms with Crippen LogP contribution >= 0.6 is 0 Å². The van der Waals surface area contributed by atoms with Crippen molar-refractivity contribution in [1.82, 2.24) is 9.19 Å². The molecule has 2 rings (SSSR count). The molecule has 0 spiro atoms. The molecule has 1 heterocycles. The third-order valence-electron chi connectivity index (χ3n) is 4.06. The van der Waals surface area contributed by atoms with Crippen LogP contribution in [0.3, 0.4) is 0 Å². The highest BCUT2D eigenvalue weighted by atomic mass is 32.2. The Morgan fingerprint density at radius 1 is 0.913 bits per heavy atom. The Labute approximate surface area is 139 Å². The van der Waals surface area contributed by atoms with E-state index in [9.17, 15) is 8.42 Å². The lowest BCUT2D eigenvalue weighted by atomic mass is 9.89. The zero-order valence-corrected chi connectivity index (χ0v) is 15.6. The van der Waals surface area contributed by atoms with Gasteiger partial charge in [-0.25, -0.2) is 0 Å². The molecule has 23 heavy (non-hydrogen) atoms. The summed E-state index contributed by atoms with van der Waals surface area (Å²) in [6, 6.07) is 5.71. The molecule has 0 saturated carbocycles. The second-order valence-corrected chi connectivity index (χ2v) is 8.61. The van der Waals surface area contributed by atoms with Gasteiger partial charge in [0, 0.05) is 6.20 Å². The van der Waals surface area contributed by atoms with E-state index >= 15 is 0 Å². The molecule has 0 N–H and O–H groups in total. The van der Waals surface area contributed by atoms with Crippen molar-refractivity contribution in [1.29, 1.82) is 0 Å². The Morgan fingerprint density at radius 2 is 1.43 bits per heavy atom. The quantitative estimate of drug-likeness (QED) is 0.809. The minimum atomic E-state index is -3.68. The summed E-state index contributed by atoms with van der Waals surface area (Å²) in [7, 11) is -3.68. The molecule has 126 valence electrons. The first-order valence-corrected chi connectivity index (χ1v) is 9.53. The van der Waals surface area contributed by atoms with Crippen LogP contribution in [0.25, 0.3) is 0 Å². The molecule has 5 heteroatoms. The van der Waals surface area contributed by atoms with Gasteiger partial charge in [0.15, 0.2) is 0 Å². The standard InChI is InChI=1S/C18H26N2O2S/c1-12(2)15-10-16(13(3)4)18(17(11-15)14(5)6)23(21,22)20-9-7-8-19-20/h7-14H,1-6H3. The van der Waals surface area contributed by atoms with Gasteiger partial charge in [0.1, 0.15) is 0 Å². The molecule has 0 amide bonds. The summed E-state index contributed by atoms with van der Waals surface area (Å²) in [4.78, 5) is 0.413. The maximum Gasteiger partial charge on any atom is 0.283 e. The van der Waals surface area contributed by atoms with Crippen molar-refractivity contribution in [2.45, 2.75) is 64.2 Å². The van der Waals surface area contributed by atoms with Gasteiger partial charge in [-0.05, 0) is 40.5 Å². The molecule has 0 aliphatic heterocycles. The molecule has 0 saturated heterocycles. The van der Waals surface area contributed by atoms with Gasteiger partial charge < -0.3 is 0 Å². The summed E-state index contributed by atoms with van der Waals surface area (Å²) in [5.74, 6) is 0.588. The Morgan fingerprint density at radius 3 is 1.78 bits per heavy atom. The first-order chi connectivity index (χ1) is 10.7. The molecule has 1 aromatic carbocycles. The summed E-state index contributed by atoms with van der Waals surface area (Å²) >= 11 is 0. The highest BCUT2D eigenvalue weighted by Crippen LogP contribution is 2.35. The Kier molecular flexibility index (Phi) is 4.99. The second-order valence-electron chi connectivity index (χ2n) is 6.88. The highest BCUT2D eigenvalue weighted by molar-refractivity contribution is 7.90. The van der Waals surface area contributed by atoms with Crippen LogP contribution in [-0.2, 0) is 10.0 Å². The van der Waals surface area contributed by atoms with Crippen molar-refractivity contribution in [3.05, 3.63) is 47.3 Å². The van der Waals surface area contributed by atoms with E-state index in [-0.39, 0.29) is 11.8 Å². The summed E-state index contributed by atoms with van der Waals surface area (Å²) in [5, 5.41) is 3.95. The molecule has 0 aliphatic carbocycles. The van der Waals surface area contributed by atoms with Crippen LogP contribution < -0.4 is 0 Å². The van der Waals surface area contributed by atoms with Crippen LogP contribution in [0.1, 0.15) is 76.0 Å². The van der Waals surface area contributed by atoms with E-state index in [1.165, 1.54) is 18.0 Å². The third-order valence-corrected chi connectivity index (χ3v) is 5.76. The van der Waals surface area contributed by atoms with Crippen LogP contribution in [0.5, 0.6) is 0 Å². The van der Waals surface area contributed by atoms with Crippen LogP contribution in [0.4, 0.5) is 0 Å². The van der Waals surface area contributed by atoms with E-state index in [1.54, 1.807) is 6.07 Å². The predicted molar refractivity (Wildman–Crippen MR) is 93.5 cm³/mol. The molecule has 0 fully saturated rings. The summed E-state index contributed by atoms with van der Waals surface area (Å²) < 4.78 is 27.3. The minimum Gasteiger partial charge on any atom is -0.199 e. The lowest BCUT2D eigenvalue weighted by Crippen LogP contribution is -2.19. The average Bonchev–Trinajstić information content (AvgIpc) is 3.00. The molecule has 4 nitrogen and oxygen atoms in total. The van der Waals surface area contributed by atoms with Gasteiger partial charge in [0.25, 0.3) is 10.0 Å². The van der Waals surface area contributed by atoms with Crippen LogP contribution in [-0.4, -0.2) is 17.6 Å². The van der Waals surface area contributed by atoms with Crippen molar-refractivity contribution in [3.63, 3.8) is 0 Å². The first kappa shape index (κ1) is 17.7.